The van der Waals surface area contributed by atoms with Crippen LogP contribution < -0.4 is 0 Å². The van der Waals surface area contributed by atoms with Crippen LogP contribution in [0.3, 0.4) is 0 Å². The van der Waals surface area contributed by atoms with Gasteiger partial charge in [0.2, 0.25) is 10.0 Å². The fraction of sp³-hybridized carbons (Fsp3) is 0.406. The third-order valence-electron chi connectivity index (χ3n) is 9.05. The van der Waals surface area contributed by atoms with Crippen LogP contribution in [0.1, 0.15) is 62.1 Å². The number of hydrogen-bond acceptors (Lipinski definition) is 5. The van der Waals surface area contributed by atoms with Gasteiger partial charge in [0.25, 0.3) is 0 Å². The van der Waals surface area contributed by atoms with Gasteiger partial charge in [-0.25, -0.2) is 22.0 Å². The number of ether oxygens (including phenoxy) is 1. The Labute approximate surface area is 255 Å². The molecule has 228 valence electrons. The number of hydrogen-bond donors (Lipinski definition) is 1. The van der Waals surface area contributed by atoms with Gasteiger partial charge in [0, 0.05) is 18.1 Å². The van der Waals surface area contributed by atoms with Crippen LogP contribution in [0.4, 0.5) is 13.6 Å². The van der Waals surface area contributed by atoms with Crippen molar-refractivity contribution in [3.63, 3.8) is 0 Å². The molecule has 0 bridgehead atoms. The van der Waals surface area contributed by atoms with Gasteiger partial charge in [0.05, 0.1) is 22.6 Å². The maximum absolute atomic E-state index is 14.3. The van der Waals surface area contributed by atoms with E-state index in [0.29, 0.717) is 55.5 Å². The second-order valence-electron chi connectivity index (χ2n) is 11.8. The molecule has 0 aromatic heterocycles. The molecule has 2 heterocycles. The molecule has 1 aliphatic carbocycles. The van der Waals surface area contributed by atoms with Gasteiger partial charge in [0.1, 0.15) is 17.2 Å². The normalized spacial score (nSPS) is 23.5. The lowest BCUT2D eigenvalue weighted by Gasteiger charge is -2.45. The van der Waals surface area contributed by atoms with Crippen molar-refractivity contribution in [1.29, 1.82) is 0 Å². The molecule has 7 nitrogen and oxygen atoms in total. The summed E-state index contributed by atoms with van der Waals surface area (Å²) < 4.78 is 64.4. The minimum Gasteiger partial charge on any atom is -0.441 e. The van der Waals surface area contributed by atoms with Crippen LogP contribution in [0.2, 0.25) is 5.02 Å². The van der Waals surface area contributed by atoms with Crippen molar-refractivity contribution in [2.75, 3.05) is 13.1 Å². The van der Waals surface area contributed by atoms with Crippen molar-refractivity contribution in [3.8, 4) is 0 Å². The van der Waals surface area contributed by atoms with Crippen molar-refractivity contribution >= 4 is 27.7 Å². The highest BCUT2D eigenvalue weighted by molar-refractivity contribution is 7.89. The average molecular weight is 631 g/mol. The summed E-state index contributed by atoms with van der Waals surface area (Å²) in [6.45, 7) is 0.520. The van der Waals surface area contributed by atoms with Gasteiger partial charge in [-0.05, 0) is 98.5 Å². The molecule has 3 aromatic carbocycles. The van der Waals surface area contributed by atoms with E-state index in [-0.39, 0.29) is 18.0 Å². The number of sulfonamides is 1. The fourth-order valence-corrected chi connectivity index (χ4v) is 8.63. The molecule has 2 saturated heterocycles. The number of piperidine rings is 2. The van der Waals surface area contributed by atoms with Crippen molar-refractivity contribution in [1.82, 2.24) is 9.21 Å². The first kappa shape index (κ1) is 30.0. The lowest BCUT2D eigenvalue weighted by molar-refractivity contribution is -0.0427. The Kier molecular flexibility index (Phi) is 8.00. The minimum absolute atomic E-state index is 0.208. The molecule has 3 aromatic rings. The van der Waals surface area contributed by atoms with E-state index in [0.717, 1.165) is 11.6 Å². The molecule has 2 aliphatic heterocycles. The molecule has 3 aliphatic rings. The SMILES string of the molecule is O=C(OC1([C@H]2CCC[C@@H](c3cccc(F)c3)N2S(=O)(=O)c2cccc(F)c2)CC1)N1CCC(O)(c2ccc(Cl)cc2)CC1. The molecular formula is C32H33ClF2N2O5S. The number of rotatable bonds is 6. The molecule has 0 unspecified atom stereocenters. The quantitative estimate of drug-likeness (QED) is 0.334. The molecule has 2 atom stereocenters. The molecule has 11 heteroatoms. The summed E-state index contributed by atoms with van der Waals surface area (Å²) in [6.07, 6.45) is 2.50. The Morgan fingerprint density at radius 1 is 0.907 bits per heavy atom. The van der Waals surface area contributed by atoms with Crippen LogP contribution in [0.25, 0.3) is 0 Å². The number of halogens is 3. The van der Waals surface area contributed by atoms with E-state index in [1.807, 2.05) is 0 Å². The van der Waals surface area contributed by atoms with Crippen molar-refractivity contribution in [2.24, 2.45) is 0 Å². The zero-order valence-corrected chi connectivity index (χ0v) is 25.0. The minimum atomic E-state index is -4.27. The summed E-state index contributed by atoms with van der Waals surface area (Å²) in [4.78, 5) is 14.8. The van der Waals surface area contributed by atoms with Gasteiger partial charge in [-0.3, -0.25) is 0 Å². The van der Waals surface area contributed by atoms with Crippen molar-refractivity contribution < 1.29 is 31.8 Å². The predicted octanol–water partition coefficient (Wildman–Crippen LogP) is 6.56. The maximum atomic E-state index is 14.3. The summed E-state index contributed by atoms with van der Waals surface area (Å²) >= 11 is 6.00. The number of aliphatic hydroxyl groups is 1. The molecule has 3 fully saturated rings. The molecule has 43 heavy (non-hydrogen) atoms. The second kappa shape index (κ2) is 11.5. The molecule has 1 N–H and O–H groups in total. The van der Waals surface area contributed by atoms with Gasteiger partial charge in [-0.1, -0.05) is 41.9 Å². The molecule has 0 radical (unpaired) electrons. The summed E-state index contributed by atoms with van der Waals surface area (Å²) in [5.41, 5.74) is -0.944. The second-order valence-corrected chi connectivity index (χ2v) is 14.0. The third-order valence-corrected chi connectivity index (χ3v) is 11.2. The van der Waals surface area contributed by atoms with E-state index in [9.17, 15) is 27.1 Å². The van der Waals surface area contributed by atoms with Crippen molar-refractivity contribution in [3.05, 3.63) is 101 Å². The summed E-state index contributed by atoms with van der Waals surface area (Å²) in [7, 11) is -4.27. The maximum Gasteiger partial charge on any atom is 0.410 e. The van der Waals surface area contributed by atoms with E-state index in [2.05, 4.69) is 0 Å². The van der Waals surface area contributed by atoms with Crippen molar-refractivity contribution in [2.45, 2.75) is 73.1 Å². The monoisotopic (exact) mass is 630 g/mol. The lowest BCUT2D eigenvalue weighted by atomic mass is 9.84. The number of amides is 1. The Morgan fingerprint density at radius 3 is 2.19 bits per heavy atom. The van der Waals surface area contributed by atoms with E-state index in [1.54, 1.807) is 35.2 Å². The first-order chi connectivity index (χ1) is 20.5. The van der Waals surface area contributed by atoms with E-state index in [1.165, 1.54) is 40.7 Å². The zero-order chi connectivity index (χ0) is 30.4. The number of carbonyl (C=O) groups excluding carboxylic acids is 1. The summed E-state index contributed by atoms with van der Waals surface area (Å²) in [5.74, 6) is -1.17. The fourth-order valence-electron chi connectivity index (χ4n) is 6.56. The van der Waals surface area contributed by atoms with E-state index >= 15 is 0 Å². The van der Waals surface area contributed by atoms with Gasteiger partial charge in [0.15, 0.2) is 0 Å². The summed E-state index contributed by atoms with van der Waals surface area (Å²) in [6, 6.07) is 16.2. The van der Waals surface area contributed by atoms with Crippen LogP contribution in [0, 0.1) is 11.6 Å². The first-order valence-electron chi connectivity index (χ1n) is 14.5. The smallest absolute Gasteiger partial charge is 0.410 e. The summed E-state index contributed by atoms with van der Waals surface area (Å²) in [5, 5.41) is 11.8. The largest absolute Gasteiger partial charge is 0.441 e. The molecular weight excluding hydrogens is 598 g/mol. The highest BCUT2D eigenvalue weighted by Gasteiger charge is 2.60. The standard InChI is InChI=1S/C32H33ClF2N2O5S/c33-24-12-10-23(11-13-24)31(39)16-18-36(19-17-31)30(38)42-32(14-15-32)29-9-3-8-28(22-4-1-5-25(34)20-22)37(29)43(40,41)27-7-2-6-26(35)21-27/h1-2,4-7,10-13,20-21,28-29,39H,3,8-9,14-19H2/t28-,29+/m0/s1. The van der Waals surface area contributed by atoms with Gasteiger partial charge in [-0.2, -0.15) is 4.31 Å². The van der Waals surface area contributed by atoms with E-state index in [4.69, 9.17) is 16.3 Å². The van der Waals surface area contributed by atoms with Crippen LogP contribution in [0.15, 0.2) is 77.7 Å². The highest BCUT2D eigenvalue weighted by Crippen LogP contribution is 2.53. The molecule has 1 amide bonds. The van der Waals surface area contributed by atoms with Crippen LogP contribution >= 0.6 is 11.6 Å². The Bertz CT molecular complexity index is 1610. The molecule has 6 rings (SSSR count). The zero-order valence-electron chi connectivity index (χ0n) is 23.5. The Hall–Kier alpha value is -3.05. The average Bonchev–Trinajstić information content (AvgIpc) is 3.77. The van der Waals surface area contributed by atoms with Crippen LogP contribution in [-0.2, 0) is 20.4 Å². The number of benzene rings is 3. The molecule has 0 spiro atoms. The van der Waals surface area contributed by atoms with Gasteiger partial charge < -0.3 is 14.7 Å². The van der Waals surface area contributed by atoms with E-state index < -0.39 is 51.0 Å². The number of carbonyl (C=O) groups is 1. The van der Waals surface area contributed by atoms with Crippen LogP contribution in [-0.4, -0.2) is 53.6 Å². The lowest BCUT2D eigenvalue weighted by Crippen LogP contribution is -2.55. The van der Waals surface area contributed by atoms with Crippen LogP contribution in [0.5, 0.6) is 0 Å². The number of likely N-dealkylation sites (tertiary alicyclic amines) is 1. The predicted molar refractivity (Wildman–Crippen MR) is 157 cm³/mol. The topological polar surface area (TPSA) is 87.2 Å². The third kappa shape index (κ3) is 5.90. The Balaban J connectivity index is 1.26. The first-order valence-corrected chi connectivity index (χ1v) is 16.3. The molecule has 1 saturated carbocycles. The van der Waals surface area contributed by atoms with Gasteiger partial charge >= 0.3 is 6.09 Å². The highest BCUT2D eigenvalue weighted by atomic mass is 35.5. The van der Waals surface area contributed by atoms with Gasteiger partial charge in [-0.15, -0.1) is 0 Å². The number of nitrogens with zero attached hydrogens (tertiary/aromatic N) is 2. The Morgan fingerprint density at radius 2 is 1.56 bits per heavy atom.